The molecule has 1 radical (unpaired) electrons. The van der Waals surface area contributed by atoms with E-state index in [9.17, 15) is 15.3 Å². The Kier molecular flexibility index (Phi) is 3.40. The number of hydrogen-bond acceptors (Lipinski definition) is 5. The fourth-order valence-electron chi connectivity index (χ4n) is 1.20. The molecular weight excluding hydrogens is 176 g/mol. The first-order valence-electron chi connectivity index (χ1n) is 3.92. The lowest BCUT2D eigenvalue weighted by Gasteiger charge is -2.37. The van der Waals surface area contributed by atoms with E-state index < -0.39 is 31.0 Å². The first-order valence-corrected chi connectivity index (χ1v) is 3.92. The van der Waals surface area contributed by atoms with Crippen LogP contribution in [0.25, 0.3) is 0 Å². The standard InChI is InChI=1S/C8H13O5/c1-2-4-6(10)8(12)7(11)5(3-9)13-4/h2,5-12H,1,3H2/t5-,6+,7-,8-/m1/s1. The maximum absolute atomic E-state index is 9.30. The lowest BCUT2D eigenvalue weighted by molar-refractivity contribution is -0.183. The second-order valence-electron chi connectivity index (χ2n) is 2.87. The molecule has 1 fully saturated rings. The van der Waals surface area contributed by atoms with Crippen LogP contribution in [-0.4, -0.2) is 51.4 Å². The molecule has 4 N–H and O–H groups in total. The van der Waals surface area contributed by atoms with Gasteiger partial charge in [-0.2, -0.15) is 0 Å². The SMILES string of the molecule is C=C[C]1O[C@H](CO)[C@@H](O)[C@H](O)[C@H]1O. The third kappa shape index (κ3) is 1.90. The molecule has 0 spiro atoms. The molecule has 4 atom stereocenters. The zero-order valence-corrected chi connectivity index (χ0v) is 7.00. The zero-order chi connectivity index (χ0) is 10.0. The third-order valence-electron chi connectivity index (χ3n) is 2.01. The summed E-state index contributed by atoms with van der Waals surface area (Å²) >= 11 is 0. The highest BCUT2D eigenvalue weighted by Crippen LogP contribution is 2.26. The van der Waals surface area contributed by atoms with Crippen LogP contribution in [-0.2, 0) is 4.74 Å². The Morgan fingerprint density at radius 3 is 2.38 bits per heavy atom. The molecule has 1 aliphatic rings. The average molecular weight is 189 g/mol. The van der Waals surface area contributed by atoms with Crippen molar-refractivity contribution >= 4 is 0 Å². The molecule has 1 heterocycles. The van der Waals surface area contributed by atoms with Gasteiger partial charge in [-0.3, -0.25) is 0 Å². The zero-order valence-electron chi connectivity index (χ0n) is 7.00. The molecule has 13 heavy (non-hydrogen) atoms. The van der Waals surface area contributed by atoms with E-state index in [2.05, 4.69) is 6.58 Å². The topological polar surface area (TPSA) is 90.2 Å². The molecule has 5 nitrogen and oxygen atoms in total. The Labute approximate surface area is 75.9 Å². The molecule has 0 saturated carbocycles. The Morgan fingerprint density at radius 2 is 1.92 bits per heavy atom. The minimum atomic E-state index is -1.35. The summed E-state index contributed by atoms with van der Waals surface area (Å²) in [5.41, 5.74) is 0. The van der Waals surface area contributed by atoms with Crippen LogP contribution in [0.3, 0.4) is 0 Å². The van der Waals surface area contributed by atoms with Gasteiger partial charge in [0.25, 0.3) is 0 Å². The number of ether oxygens (including phenoxy) is 1. The van der Waals surface area contributed by atoms with Gasteiger partial charge in [-0.1, -0.05) is 6.08 Å². The fraction of sp³-hybridized carbons (Fsp3) is 0.625. The molecule has 0 aliphatic carbocycles. The molecule has 0 aromatic carbocycles. The van der Waals surface area contributed by atoms with Crippen LogP contribution in [0.2, 0.25) is 0 Å². The van der Waals surface area contributed by atoms with Gasteiger partial charge in [0.15, 0.2) is 6.10 Å². The second kappa shape index (κ2) is 4.17. The van der Waals surface area contributed by atoms with E-state index >= 15 is 0 Å². The van der Waals surface area contributed by atoms with Crippen LogP contribution in [0.5, 0.6) is 0 Å². The minimum Gasteiger partial charge on any atom is -0.394 e. The maximum Gasteiger partial charge on any atom is 0.150 e. The van der Waals surface area contributed by atoms with Crippen molar-refractivity contribution in [3.05, 3.63) is 18.8 Å². The van der Waals surface area contributed by atoms with E-state index in [-0.39, 0.29) is 6.10 Å². The molecule has 0 unspecified atom stereocenters. The van der Waals surface area contributed by atoms with Gasteiger partial charge in [0, 0.05) is 0 Å². The van der Waals surface area contributed by atoms with Crippen LogP contribution in [0.1, 0.15) is 0 Å². The highest BCUT2D eigenvalue weighted by molar-refractivity contribution is 5.11. The Morgan fingerprint density at radius 1 is 1.31 bits per heavy atom. The Bertz CT molecular complexity index is 181. The number of hydrogen-bond donors (Lipinski definition) is 4. The largest absolute Gasteiger partial charge is 0.394 e. The van der Waals surface area contributed by atoms with E-state index in [0.29, 0.717) is 0 Å². The molecule has 75 valence electrons. The van der Waals surface area contributed by atoms with Gasteiger partial charge < -0.3 is 25.2 Å². The molecule has 0 amide bonds. The summed E-state index contributed by atoms with van der Waals surface area (Å²) in [6.45, 7) is 2.94. The van der Waals surface area contributed by atoms with Crippen LogP contribution < -0.4 is 0 Å². The predicted molar refractivity (Wildman–Crippen MR) is 43.4 cm³/mol. The third-order valence-corrected chi connectivity index (χ3v) is 2.01. The van der Waals surface area contributed by atoms with Crippen molar-refractivity contribution < 1.29 is 25.2 Å². The Hall–Kier alpha value is -0.460. The highest BCUT2D eigenvalue weighted by Gasteiger charge is 2.42. The van der Waals surface area contributed by atoms with Gasteiger partial charge in [0.1, 0.15) is 24.4 Å². The quantitative estimate of drug-likeness (QED) is 0.410. The van der Waals surface area contributed by atoms with Crippen molar-refractivity contribution in [3.8, 4) is 0 Å². The van der Waals surface area contributed by atoms with Crippen LogP contribution in [0.15, 0.2) is 12.7 Å². The van der Waals surface area contributed by atoms with E-state index in [0.717, 1.165) is 0 Å². The van der Waals surface area contributed by atoms with Crippen molar-refractivity contribution in [2.45, 2.75) is 24.4 Å². The number of aliphatic hydroxyl groups excluding tert-OH is 4. The van der Waals surface area contributed by atoms with Gasteiger partial charge in [-0.05, 0) is 0 Å². The molecule has 1 aliphatic heterocycles. The minimum absolute atomic E-state index is 0.0665. The first kappa shape index (κ1) is 10.6. The van der Waals surface area contributed by atoms with Crippen molar-refractivity contribution in [2.24, 2.45) is 0 Å². The van der Waals surface area contributed by atoms with Gasteiger partial charge in [0.05, 0.1) is 6.61 Å². The van der Waals surface area contributed by atoms with E-state index in [4.69, 9.17) is 9.84 Å². The molecule has 5 heteroatoms. The van der Waals surface area contributed by atoms with Crippen molar-refractivity contribution in [1.29, 1.82) is 0 Å². The normalized spacial score (nSPS) is 41.8. The lowest BCUT2D eigenvalue weighted by atomic mass is 9.95. The lowest BCUT2D eigenvalue weighted by Crippen LogP contribution is -2.54. The molecule has 0 aromatic rings. The first-order chi connectivity index (χ1) is 6.11. The maximum atomic E-state index is 9.30. The van der Waals surface area contributed by atoms with E-state index in [1.165, 1.54) is 6.08 Å². The van der Waals surface area contributed by atoms with E-state index in [1.54, 1.807) is 0 Å². The molecule has 0 aromatic heterocycles. The summed E-state index contributed by atoms with van der Waals surface area (Å²) in [5.74, 6) is 0. The summed E-state index contributed by atoms with van der Waals surface area (Å²) in [5, 5.41) is 36.6. The van der Waals surface area contributed by atoms with Crippen LogP contribution >= 0.6 is 0 Å². The van der Waals surface area contributed by atoms with Gasteiger partial charge in [-0.15, -0.1) is 6.58 Å². The fourth-order valence-corrected chi connectivity index (χ4v) is 1.20. The summed E-state index contributed by atoms with van der Waals surface area (Å²) in [6, 6.07) is 0. The summed E-state index contributed by atoms with van der Waals surface area (Å²) < 4.78 is 4.97. The summed E-state index contributed by atoms with van der Waals surface area (Å²) in [4.78, 5) is 0. The highest BCUT2D eigenvalue weighted by atomic mass is 16.5. The Balaban J connectivity index is 2.71. The monoisotopic (exact) mass is 189 g/mol. The van der Waals surface area contributed by atoms with Crippen LogP contribution in [0.4, 0.5) is 0 Å². The number of aliphatic hydroxyl groups is 4. The molecule has 0 bridgehead atoms. The second-order valence-corrected chi connectivity index (χ2v) is 2.87. The molecule has 1 rings (SSSR count). The van der Waals surface area contributed by atoms with Gasteiger partial charge >= 0.3 is 0 Å². The smallest absolute Gasteiger partial charge is 0.150 e. The molecule has 1 saturated heterocycles. The predicted octanol–water partition coefficient (Wildman–Crippen LogP) is -1.82. The number of rotatable bonds is 2. The van der Waals surface area contributed by atoms with Gasteiger partial charge in [0.2, 0.25) is 0 Å². The van der Waals surface area contributed by atoms with Crippen molar-refractivity contribution in [3.63, 3.8) is 0 Å². The van der Waals surface area contributed by atoms with E-state index in [1.807, 2.05) is 0 Å². The summed E-state index contributed by atoms with van der Waals surface area (Å²) in [6.07, 6.45) is -3.52. The van der Waals surface area contributed by atoms with Crippen molar-refractivity contribution in [1.82, 2.24) is 0 Å². The van der Waals surface area contributed by atoms with Gasteiger partial charge in [-0.25, -0.2) is 0 Å². The van der Waals surface area contributed by atoms with Crippen LogP contribution in [0, 0.1) is 6.10 Å². The summed E-state index contributed by atoms with van der Waals surface area (Å²) in [7, 11) is 0. The molecular formula is C8H13O5. The average Bonchev–Trinajstić information content (AvgIpc) is 2.15. The van der Waals surface area contributed by atoms with Crippen molar-refractivity contribution in [2.75, 3.05) is 6.61 Å².